The number of rotatable bonds is 3. The minimum atomic E-state index is -4.73. The molecule has 0 aliphatic heterocycles. The molecular formula is C11H12Cl2F3NO. The summed E-state index contributed by atoms with van der Waals surface area (Å²) >= 11 is 5.72. The van der Waals surface area contributed by atoms with Gasteiger partial charge in [0.25, 0.3) is 0 Å². The monoisotopic (exact) mass is 301 g/mol. The standard InChI is InChI=1S/C11H11ClF3NO.ClH/c12-8-5-7(10(16)6-1-2-6)3-4-9(8)17-11(13,14)15;/h3-6,10H,1-2,16H2;1H/t10-;/m0./s1. The Kier molecular flexibility index (Phi) is 4.75. The van der Waals surface area contributed by atoms with Crippen molar-refractivity contribution in [3.8, 4) is 5.75 Å². The van der Waals surface area contributed by atoms with Crippen molar-refractivity contribution < 1.29 is 17.9 Å². The third-order valence-electron chi connectivity index (χ3n) is 2.70. The van der Waals surface area contributed by atoms with Crippen LogP contribution in [0.2, 0.25) is 5.02 Å². The molecule has 0 heterocycles. The topological polar surface area (TPSA) is 35.2 Å². The van der Waals surface area contributed by atoms with Crippen molar-refractivity contribution in [3.63, 3.8) is 0 Å². The third-order valence-corrected chi connectivity index (χ3v) is 2.99. The first-order chi connectivity index (χ1) is 7.87. The minimum absolute atomic E-state index is 0. The second kappa shape index (κ2) is 5.55. The lowest BCUT2D eigenvalue weighted by atomic mass is 10.0. The highest BCUT2D eigenvalue weighted by atomic mass is 35.5. The van der Waals surface area contributed by atoms with Crippen LogP contribution in [0.3, 0.4) is 0 Å². The molecule has 1 atom stereocenters. The Bertz CT molecular complexity index is 421. The molecule has 1 aromatic rings. The Morgan fingerprint density at radius 2 is 1.94 bits per heavy atom. The first-order valence-corrected chi connectivity index (χ1v) is 5.55. The molecule has 1 aromatic carbocycles. The van der Waals surface area contributed by atoms with Crippen LogP contribution in [0, 0.1) is 5.92 Å². The molecule has 2 nitrogen and oxygen atoms in total. The van der Waals surface area contributed by atoms with Crippen molar-refractivity contribution in [3.05, 3.63) is 28.8 Å². The summed E-state index contributed by atoms with van der Waals surface area (Å²) in [6, 6.07) is 4.00. The Hall–Kier alpha value is -0.650. The fraction of sp³-hybridized carbons (Fsp3) is 0.455. The predicted octanol–water partition coefficient (Wildman–Crippen LogP) is 4.07. The van der Waals surface area contributed by atoms with Crippen LogP contribution in [0.25, 0.3) is 0 Å². The van der Waals surface area contributed by atoms with Gasteiger partial charge in [0.2, 0.25) is 0 Å². The number of alkyl halides is 3. The molecule has 0 bridgehead atoms. The molecule has 2 rings (SSSR count). The molecule has 1 fully saturated rings. The summed E-state index contributed by atoms with van der Waals surface area (Å²) in [5, 5.41) is -0.0732. The van der Waals surface area contributed by atoms with E-state index in [0.717, 1.165) is 18.4 Å². The lowest BCUT2D eigenvalue weighted by molar-refractivity contribution is -0.274. The van der Waals surface area contributed by atoms with Crippen LogP contribution in [0.5, 0.6) is 5.75 Å². The van der Waals surface area contributed by atoms with E-state index in [1.165, 1.54) is 18.2 Å². The van der Waals surface area contributed by atoms with Gasteiger partial charge < -0.3 is 10.5 Å². The minimum Gasteiger partial charge on any atom is -0.404 e. The van der Waals surface area contributed by atoms with E-state index in [9.17, 15) is 13.2 Å². The molecule has 0 spiro atoms. The maximum absolute atomic E-state index is 12.0. The molecule has 0 amide bonds. The molecule has 0 unspecified atom stereocenters. The van der Waals surface area contributed by atoms with E-state index in [0.29, 0.717) is 5.92 Å². The van der Waals surface area contributed by atoms with Crippen molar-refractivity contribution in [1.29, 1.82) is 0 Å². The number of nitrogens with two attached hydrogens (primary N) is 1. The number of benzene rings is 1. The summed E-state index contributed by atoms with van der Waals surface area (Å²) in [5.74, 6) is 0.0198. The van der Waals surface area contributed by atoms with Crippen molar-refractivity contribution in [2.45, 2.75) is 25.2 Å². The third kappa shape index (κ3) is 3.93. The Morgan fingerprint density at radius 3 is 2.39 bits per heavy atom. The molecule has 1 aliphatic carbocycles. The number of halogens is 5. The van der Waals surface area contributed by atoms with Crippen LogP contribution < -0.4 is 10.5 Å². The quantitative estimate of drug-likeness (QED) is 0.913. The van der Waals surface area contributed by atoms with Crippen LogP contribution >= 0.6 is 24.0 Å². The molecule has 18 heavy (non-hydrogen) atoms. The SMILES string of the molecule is Cl.N[C@H](c1ccc(OC(F)(F)F)c(Cl)c1)C1CC1. The predicted molar refractivity (Wildman–Crippen MR) is 65.0 cm³/mol. The second-order valence-electron chi connectivity index (χ2n) is 4.10. The summed E-state index contributed by atoms with van der Waals surface area (Å²) < 4.78 is 39.8. The molecule has 1 aliphatic rings. The fourth-order valence-electron chi connectivity index (χ4n) is 1.66. The Labute approximate surface area is 114 Å². The summed E-state index contributed by atoms with van der Waals surface area (Å²) in [6.07, 6.45) is -2.62. The van der Waals surface area contributed by atoms with Gasteiger partial charge in [-0.05, 0) is 36.5 Å². The average molecular weight is 302 g/mol. The molecule has 7 heteroatoms. The highest BCUT2D eigenvalue weighted by molar-refractivity contribution is 6.32. The van der Waals surface area contributed by atoms with Crippen molar-refractivity contribution >= 4 is 24.0 Å². The molecular weight excluding hydrogens is 290 g/mol. The van der Waals surface area contributed by atoms with E-state index in [-0.39, 0.29) is 23.5 Å². The zero-order valence-electron chi connectivity index (χ0n) is 9.21. The van der Waals surface area contributed by atoms with Crippen LogP contribution in [0.1, 0.15) is 24.4 Å². The van der Waals surface area contributed by atoms with Gasteiger partial charge in [0.05, 0.1) is 5.02 Å². The van der Waals surface area contributed by atoms with Crippen molar-refractivity contribution in [1.82, 2.24) is 0 Å². The maximum Gasteiger partial charge on any atom is 0.573 e. The lowest BCUT2D eigenvalue weighted by Crippen LogP contribution is -2.18. The zero-order chi connectivity index (χ0) is 12.6. The largest absolute Gasteiger partial charge is 0.573 e. The molecule has 1 saturated carbocycles. The normalized spacial score (nSPS) is 16.9. The van der Waals surface area contributed by atoms with Gasteiger partial charge in [-0.3, -0.25) is 0 Å². The maximum atomic E-state index is 12.0. The van der Waals surface area contributed by atoms with E-state index in [2.05, 4.69) is 4.74 Å². The summed E-state index contributed by atoms with van der Waals surface area (Å²) in [6.45, 7) is 0. The van der Waals surface area contributed by atoms with Crippen LogP contribution in [0.15, 0.2) is 18.2 Å². The lowest BCUT2D eigenvalue weighted by Gasteiger charge is -2.14. The summed E-state index contributed by atoms with van der Waals surface area (Å²) in [7, 11) is 0. The smallest absolute Gasteiger partial charge is 0.404 e. The average Bonchev–Trinajstić information content (AvgIpc) is 3.01. The highest BCUT2D eigenvalue weighted by Gasteiger charge is 2.33. The molecule has 2 N–H and O–H groups in total. The fourth-order valence-corrected chi connectivity index (χ4v) is 1.89. The first kappa shape index (κ1) is 15.4. The van der Waals surface area contributed by atoms with Gasteiger partial charge in [-0.15, -0.1) is 25.6 Å². The van der Waals surface area contributed by atoms with Crippen LogP contribution in [-0.2, 0) is 0 Å². The number of hydrogen-bond acceptors (Lipinski definition) is 2. The van der Waals surface area contributed by atoms with Gasteiger partial charge in [0, 0.05) is 6.04 Å². The Morgan fingerprint density at radius 1 is 1.33 bits per heavy atom. The Balaban J connectivity index is 0.00000162. The van der Waals surface area contributed by atoms with Gasteiger partial charge in [0.15, 0.2) is 0 Å². The van der Waals surface area contributed by atoms with E-state index in [1.54, 1.807) is 0 Å². The van der Waals surface area contributed by atoms with Gasteiger partial charge in [0.1, 0.15) is 5.75 Å². The van der Waals surface area contributed by atoms with Gasteiger partial charge in [-0.25, -0.2) is 0 Å². The first-order valence-electron chi connectivity index (χ1n) is 5.17. The van der Waals surface area contributed by atoms with E-state index >= 15 is 0 Å². The van der Waals surface area contributed by atoms with Gasteiger partial charge in [-0.1, -0.05) is 17.7 Å². The highest BCUT2D eigenvalue weighted by Crippen LogP contribution is 2.41. The van der Waals surface area contributed by atoms with Crippen molar-refractivity contribution in [2.75, 3.05) is 0 Å². The number of ether oxygens (including phenoxy) is 1. The summed E-state index contributed by atoms with van der Waals surface area (Å²) in [5.41, 5.74) is 6.67. The molecule has 0 radical (unpaired) electrons. The summed E-state index contributed by atoms with van der Waals surface area (Å²) in [4.78, 5) is 0. The van der Waals surface area contributed by atoms with Crippen molar-refractivity contribution in [2.24, 2.45) is 11.7 Å². The van der Waals surface area contributed by atoms with Gasteiger partial charge in [-0.2, -0.15) is 0 Å². The number of hydrogen-bond donors (Lipinski definition) is 1. The van der Waals surface area contributed by atoms with Gasteiger partial charge >= 0.3 is 6.36 Å². The van der Waals surface area contributed by atoms with Crippen LogP contribution in [-0.4, -0.2) is 6.36 Å². The second-order valence-corrected chi connectivity index (χ2v) is 4.51. The molecule has 0 saturated heterocycles. The van der Waals surface area contributed by atoms with E-state index < -0.39 is 12.1 Å². The molecule has 102 valence electrons. The van der Waals surface area contributed by atoms with E-state index in [4.69, 9.17) is 17.3 Å². The molecule has 0 aromatic heterocycles. The van der Waals surface area contributed by atoms with Crippen LogP contribution in [0.4, 0.5) is 13.2 Å². The van der Waals surface area contributed by atoms with E-state index in [1.807, 2.05) is 0 Å². The zero-order valence-corrected chi connectivity index (χ0v) is 10.8.